The van der Waals surface area contributed by atoms with Crippen molar-refractivity contribution < 1.29 is 4.79 Å². The summed E-state index contributed by atoms with van der Waals surface area (Å²) < 4.78 is 0. The lowest BCUT2D eigenvalue weighted by atomic mass is 9.90. The molecule has 1 saturated heterocycles. The first-order chi connectivity index (χ1) is 16.6. The SMILES string of the molecule is Cc1c(C(=O)N2CCC[C@H](c3ccccc3)C2)sc2ncnc(N(C)CCc3ccccn3)c12. The second-order valence-electron chi connectivity index (χ2n) is 8.93. The van der Waals surface area contributed by atoms with Crippen LogP contribution >= 0.6 is 11.3 Å². The van der Waals surface area contributed by atoms with Crippen molar-refractivity contribution in [2.24, 2.45) is 0 Å². The molecular formula is C27H29N5OS. The van der Waals surface area contributed by atoms with Crippen LogP contribution in [0.15, 0.2) is 61.1 Å². The van der Waals surface area contributed by atoms with Crippen LogP contribution in [0.2, 0.25) is 0 Å². The second kappa shape index (κ2) is 9.89. The van der Waals surface area contributed by atoms with Gasteiger partial charge in [0.1, 0.15) is 17.0 Å². The fraction of sp³-hybridized carbons (Fsp3) is 0.333. The van der Waals surface area contributed by atoms with Crippen molar-refractivity contribution in [3.63, 3.8) is 0 Å². The molecule has 1 amide bonds. The first-order valence-corrected chi connectivity index (χ1v) is 12.6. The Labute approximate surface area is 204 Å². The monoisotopic (exact) mass is 471 g/mol. The molecule has 7 heteroatoms. The summed E-state index contributed by atoms with van der Waals surface area (Å²) in [5, 5.41) is 0.982. The summed E-state index contributed by atoms with van der Waals surface area (Å²) in [6, 6.07) is 16.5. The van der Waals surface area contributed by atoms with Crippen LogP contribution < -0.4 is 4.90 Å². The van der Waals surface area contributed by atoms with Gasteiger partial charge in [-0.2, -0.15) is 0 Å². The van der Waals surface area contributed by atoms with E-state index in [-0.39, 0.29) is 5.91 Å². The van der Waals surface area contributed by atoms with Gasteiger partial charge in [-0.25, -0.2) is 9.97 Å². The van der Waals surface area contributed by atoms with Crippen LogP contribution in [0.25, 0.3) is 10.2 Å². The van der Waals surface area contributed by atoms with Gasteiger partial charge >= 0.3 is 0 Å². The molecule has 5 rings (SSSR count). The largest absolute Gasteiger partial charge is 0.359 e. The van der Waals surface area contributed by atoms with E-state index in [0.29, 0.717) is 5.92 Å². The summed E-state index contributed by atoms with van der Waals surface area (Å²) in [6.07, 6.45) is 6.40. The maximum absolute atomic E-state index is 13.6. The Morgan fingerprint density at radius 1 is 1.12 bits per heavy atom. The molecule has 0 radical (unpaired) electrons. The van der Waals surface area contributed by atoms with Crippen LogP contribution in [-0.2, 0) is 6.42 Å². The standard InChI is InChI=1S/C27H29N5OS/c1-19-23-25(31(2)16-13-22-12-6-7-14-28-22)29-18-30-26(23)34-24(19)27(33)32-15-8-11-21(17-32)20-9-4-3-5-10-20/h3-7,9-10,12,14,18,21H,8,11,13,15-17H2,1-2H3/t21-/m0/s1. The van der Waals surface area contributed by atoms with Crippen molar-refractivity contribution in [2.45, 2.75) is 32.1 Å². The minimum atomic E-state index is 0.114. The number of rotatable bonds is 6. The molecule has 0 N–H and O–H groups in total. The zero-order valence-corrected chi connectivity index (χ0v) is 20.5. The summed E-state index contributed by atoms with van der Waals surface area (Å²) in [5.41, 5.74) is 3.35. The molecule has 4 aromatic rings. The quantitative estimate of drug-likeness (QED) is 0.392. The van der Waals surface area contributed by atoms with Crippen LogP contribution in [0.5, 0.6) is 0 Å². The summed E-state index contributed by atoms with van der Waals surface area (Å²) in [7, 11) is 2.04. The number of likely N-dealkylation sites (tertiary alicyclic amines) is 1. The van der Waals surface area contributed by atoms with E-state index in [1.54, 1.807) is 6.33 Å². The number of carbonyl (C=O) groups excluding carboxylic acids is 1. The van der Waals surface area contributed by atoms with Gasteiger partial charge in [0.05, 0.1) is 10.3 Å². The molecule has 6 nitrogen and oxygen atoms in total. The third-order valence-electron chi connectivity index (χ3n) is 6.67. The van der Waals surface area contributed by atoms with Gasteiger partial charge < -0.3 is 9.80 Å². The number of fused-ring (bicyclic) bond motifs is 1. The molecule has 3 aromatic heterocycles. The normalized spacial score (nSPS) is 16.1. The number of hydrogen-bond acceptors (Lipinski definition) is 6. The molecule has 34 heavy (non-hydrogen) atoms. The number of thiophene rings is 1. The van der Waals surface area contributed by atoms with Gasteiger partial charge in [-0.1, -0.05) is 36.4 Å². The summed E-state index contributed by atoms with van der Waals surface area (Å²) in [6.45, 7) is 4.38. The molecule has 0 saturated carbocycles. The van der Waals surface area contributed by atoms with Gasteiger partial charge in [0.25, 0.3) is 5.91 Å². The Balaban J connectivity index is 1.38. The molecule has 0 bridgehead atoms. The summed E-state index contributed by atoms with van der Waals surface area (Å²) in [5.74, 6) is 1.37. The Morgan fingerprint density at radius 3 is 2.74 bits per heavy atom. The van der Waals surface area contributed by atoms with Crippen molar-refractivity contribution in [1.82, 2.24) is 19.9 Å². The highest BCUT2D eigenvalue weighted by Gasteiger charge is 2.29. The van der Waals surface area contributed by atoms with E-state index in [1.807, 2.05) is 49.3 Å². The van der Waals surface area contributed by atoms with Crippen molar-refractivity contribution in [1.29, 1.82) is 0 Å². The number of anilines is 1. The summed E-state index contributed by atoms with van der Waals surface area (Å²) >= 11 is 1.49. The molecule has 1 aliphatic heterocycles. The maximum Gasteiger partial charge on any atom is 0.264 e. The number of carbonyl (C=O) groups is 1. The number of aryl methyl sites for hydroxylation is 1. The Bertz CT molecular complexity index is 1270. The first kappa shape index (κ1) is 22.5. The van der Waals surface area contributed by atoms with Gasteiger partial charge in [-0.05, 0) is 43.0 Å². The molecule has 1 atom stereocenters. The number of hydrogen-bond donors (Lipinski definition) is 0. The van der Waals surface area contributed by atoms with Gasteiger partial charge in [-0.3, -0.25) is 9.78 Å². The van der Waals surface area contributed by atoms with Crippen LogP contribution in [0, 0.1) is 6.92 Å². The predicted molar refractivity (Wildman–Crippen MR) is 138 cm³/mol. The molecule has 1 aromatic carbocycles. The molecule has 0 unspecified atom stereocenters. The minimum Gasteiger partial charge on any atom is -0.359 e. The number of aromatic nitrogens is 3. The first-order valence-electron chi connectivity index (χ1n) is 11.8. The molecule has 174 valence electrons. The zero-order chi connectivity index (χ0) is 23.5. The summed E-state index contributed by atoms with van der Waals surface area (Å²) in [4.78, 5) is 33.0. The van der Waals surface area contributed by atoms with Gasteiger partial charge in [0.15, 0.2) is 0 Å². The zero-order valence-electron chi connectivity index (χ0n) is 19.6. The fourth-order valence-electron chi connectivity index (χ4n) is 4.78. The van der Waals surface area contributed by atoms with E-state index < -0.39 is 0 Å². The number of piperidine rings is 1. The highest BCUT2D eigenvalue weighted by molar-refractivity contribution is 7.20. The Kier molecular flexibility index (Phi) is 6.54. The van der Waals surface area contributed by atoms with Crippen LogP contribution in [-0.4, -0.2) is 52.4 Å². The topological polar surface area (TPSA) is 62.2 Å². The lowest BCUT2D eigenvalue weighted by Gasteiger charge is -2.33. The maximum atomic E-state index is 13.6. The van der Waals surface area contributed by atoms with Crippen molar-refractivity contribution in [3.05, 3.63) is 82.8 Å². The van der Waals surface area contributed by atoms with Gasteiger partial charge in [0, 0.05) is 50.9 Å². The lowest BCUT2D eigenvalue weighted by Crippen LogP contribution is -2.39. The number of benzene rings is 1. The van der Waals surface area contributed by atoms with E-state index in [9.17, 15) is 4.79 Å². The number of likely N-dealkylation sites (N-methyl/N-ethyl adjacent to an activating group) is 1. The van der Waals surface area contributed by atoms with E-state index in [0.717, 1.165) is 71.1 Å². The number of nitrogens with zero attached hydrogens (tertiary/aromatic N) is 5. The van der Waals surface area contributed by atoms with E-state index >= 15 is 0 Å². The third kappa shape index (κ3) is 4.53. The van der Waals surface area contributed by atoms with Crippen molar-refractivity contribution in [2.75, 3.05) is 31.6 Å². The fourth-order valence-corrected chi connectivity index (χ4v) is 5.89. The Hall–Kier alpha value is -3.32. The number of pyridine rings is 1. The smallest absolute Gasteiger partial charge is 0.264 e. The molecule has 0 aliphatic carbocycles. The number of amides is 1. The lowest BCUT2D eigenvalue weighted by molar-refractivity contribution is 0.0711. The van der Waals surface area contributed by atoms with Crippen LogP contribution in [0.3, 0.4) is 0 Å². The highest BCUT2D eigenvalue weighted by atomic mass is 32.1. The average molecular weight is 472 g/mol. The molecular weight excluding hydrogens is 442 g/mol. The van der Waals surface area contributed by atoms with Crippen molar-refractivity contribution in [3.8, 4) is 0 Å². The molecule has 4 heterocycles. The van der Waals surface area contributed by atoms with E-state index in [4.69, 9.17) is 0 Å². The second-order valence-corrected chi connectivity index (χ2v) is 9.93. The van der Waals surface area contributed by atoms with Crippen LogP contribution in [0.4, 0.5) is 5.82 Å². The predicted octanol–water partition coefficient (Wildman–Crippen LogP) is 5.09. The van der Waals surface area contributed by atoms with E-state index in [1.165, 1.54) is 16.9 Å². The van der Waals surface area contributed by atoms with Crippen LogP contribution in [0.1, 0.15) is 45.3 Å². The minimum absolute atomic E-state index is 0.114. The van der Waals surface area contributed by atoms with Crippen molar-refractivity contribution >= 4 is 33.3 Å². The average Bonchev–Trinajstić information content (AvgIpc) is 3.24. The Morgan fingerprint density at radius 2 is 1.94 bits per heavy atom. The molecule has 1 aliphatic rings. The van der Waals surface area contributed by atoms with Gasteiger partial charge in [0.2, 0.25) is 0 Å². The highest BCUT2D eigenvalue weighted by Crippen LogP contribution is 2.36. The van der Waals surface area contributed by atoms with Gasteiger partial charge in [-0.15, -0.1) is 11.3 Å². The van der Waals surface area contributed by atoms with E-state index in [2.05, 4.69) is 44.1 Å². The molecule has 1 fully saturated rings. The third-order valence-corrected chi connectivity index (χ3v) is 7.86. The molecule has 0 spiro atoms.